The molecule has 2 saturated heterocycles. The number of amides is 1. The van der Waals surface area contributed by atoms with Gasteiger partial charge in [0.15, 0.2) is 11.5 Å². The van der Waals surface area contributed by atoms with Gasteiger partial charge in [0.25, 0.3) is 11.5 Å². The summed E-state index contributed by atoms with van der Waals surface area (Å²) < 4.78 is 18.4. The number of benzene rings is 1. The lowest BCUT2D eigenvalue weighted by molar-refractivity contribution is -0.122. The predicted molar refractivity (Wildman–Crippen MR) is 157 cm³/mol. The number of carbonyl (C=O) groups is 1. The second-order valence-electron chi connectivity index (χ2n) is 9.18. The summed E-state index contributed by atoms with van der Waals surface area (Å²) in [6.45, 7) is 6.94. The number of rotatable bonds is 9. The summed E-state index contributed by atoms with van der Waals surface area (Å²) in [5, 5.41) is 9.83. The second-order valence-corrected chi connectivity index (χ2v) is 10.9. The number of aromatic nitrogens is 1. The number of nitriles is 1. The Balaban J connectivity index is 1.69. The van der Waals surface area contributed by atoms with Crippen molar-refractivity contribution in [2.75, 3.05) is 52.0 Å². The smallest absolute Gasteiger partial charge is 0.270 e. The van der Waals surface area contributed by atoms with Gasteiger partial charge >= 0.3 is 0 Å². The topological polar surface area (TPSA) is 97.0 Å². The number of thiocarbonyl (C=S) groups is 1. The molecular formula is C28H32N4O5S2. The highest BCUT2D eigenvalue weighted by molar-refractivity contribution is 8.26. The third kappa shape index (κ3) is 5.83. The molecule has 0 bridgehead atoms. The molecule has 11 heteroatoms. The van der Waals surface area contributed by atoms with Crippen LogP contribution in [0.4, 0.5) is 5.82 Å². The molecule has 2 fully saturated rings. The van der Waals surface area contributed by atoms with Crippen LogP contribution < -0.4 is 19.9 Å². The number of methoxy groups -OCH3 is 2. The lowest BCUT2D eigenvalue weighted by Crippen LogP contribution is -2.41. The van der Waals surface area contributed by atoms with Crippen LogP contribution in [0.5, 0.6) is 11.5 Å². The van der Waals surface area contributed by atoms with Crippen molar-refractivity contribution in [1.29, 1.82) is 5.26 Å². The summed E-state index contributed by atoms with van der Waals surface area (Å²) in [7, 11) is 3.17. The minimum absolute atomic E-state index is 0.0932. The summed E-state index contributed by atoms with van der Waals surface area (Å²) >= 11 is 6.83. The van der Waals surface area contributed by atoms with Gasteiger partial charge in [-0.25, -0.2) is 0 Å². The van der Waals surface area contributed by atoms with Crippen LogP contribution in [0.1, 0.15) is 35.6 Å². The molecule has 4 rings (SSSR count). The van der Waals surface area contributed by atoms with E-state index in [2.05, 4.69) is 11.0 Å². The minimum Gasteiger partial charge on any atom is -0.493 e. The quantitative estimate of drug-likeness (QED) is 0.331. The summed E-state index contributed by atoms with van der Waals surface area (Å²) in [5.41, 5.74) is 2.03. The van der Waals surface area contributed by atoms with Gasteiger partial charge in [-0.15, -0.1) is 0 Å². The van der Waals surface area contributed by atoms with Crippen LogP contribution >= 0.6 is 24.0 Å². The highest BCUT2D eigenvalue weighted by Crippen LogP contribution is 2.36. The van der Waals surface area contributed by atoms with Gasteiger partial charge in [0, 0.05) is 31.7 Å². The fraction of sp³-hybridized carbons (Fsp3) is 0.429. The average Bonchev–Trinajstić information content (AvgIpc) is 3.22. The third-order valence-electron chi connectivity index (χ3n) is 6.83. The largest absolute Gasteiger partial charge is 0.493 e. The zero-order chi connectivity index (χ0) is 28.1. The Morgan fingerprint density at radius 2 is 1.87 bits per heavy atom. The van der Waals surface area contributed by atoms with E-state index in [1.165, 1.54) is 11.8 Å². The predicted octanol–water partition coefficient (Wildman–Crippen LogP) is 3.74. The molecule has 0 atom stereocenters. The first kappa shape index (κ1) is 28.7. The van der Waals surface area contributed by atoms with E-state index in [-0.39, 0.29) is 17.0 Å². The molecule has 39 heavy (non-hydrogen) atoms. The van der Waals surface area contributed by atoms with Crippen molar-refractivity contribution in [2.45, 2.75) is 33.2 Å². The van der Waals surface area contributed by atoms with Crippen LogP contribution in [0, 0.1) is 18.3 Å². The monoisotopic (exact) mass is 568 g/mol. The first-order valence-electron chi connectivity index (χ1n) is 12.8. The fourth-order valence-electron chi connectivity index (χ4n) is 4.79. The molecule has 0 aliphatic carbocycles. The second kappa shape index (κ2) is 12.7. The summed E-state index contributed by atoms with van der Waals surface area (Å²) in [4.78, 5) is 31.0. The minimum atomic E-state index is -0.307. The number of thioether (sulfide) groups is 1. The van der Waals surface area contributed by atoms with Crippen molar-refractivity contribution in [1.82, 2.24) is 9.47 Å². The van der Waals surface area contributed by atoms with E-state index in [1.807, 2.05) is 25.1 Å². The van der Waals surface area contributed by atoms with Crippen LogP contribution in [-0.2, 0) is 22.5 Å². The molecular weight excluding hydrogens is 536 g/mol. The maximum Gasteiger partial charge on any atom is 0.270 e. The first-order valence-corrected chi connectivity index (χ1v) is 14.0. The molecule has 0 spiro atoms. The molecule has 1 amide bonds. The van der Waals surface area contributed by atoms with E-state index in [0.717, 1.165) is 17.8 Å². The maximum absolute atomic E-state index is 13.5. The molecule has 1 aromatic carbocycles. The highest BCUT2D eigenvalue weighted by Gasteiger charge is 2.33. The van der Waals surface area contributed by atoms with Gasteiger partial charge in [0.2, 0.25) is 0 Å². The standard InChI is InChI=1S/C28H32N4O5S2/c1-5-9-31-25(30-11-13-37-14-12-30)20(18(2)21(17-29)26(31)33)16-24-27(34)32(28(38)39-24)10-8-19-6-7-22(35-3)23(15-19)36-4/h6-7,15-16H,5,8-14H2,1-4H3. The van der Waals surface area contributed by atoms with E-state index in [0.29, 0.717) is 77.7 Å². The lowest BCUT2D eigenvalue weighted by atomic mass is 10.0. The van der Waals surface area contributed by atoms with Gasteiger partial charge < -0.3 is 19.1 Å². The van der Waals surface area contributed by atoms with Crippen LogP contribution in [0.25, 0.3) is 6.08 Å². The van der Waals surface area contributed by atoms with Crippen molar-refractivity contribution in [3.8, 4) is 17.6 Å². The third-order valence-corrected chi connectivity index (χ3v) is 8.20. The number of hydrogen-bond acceptors (Lipinski definition) is 9. The zero-order valence-electron chi connectivity index (χ0n) is 22.6. The van der Waals surface area contributed by atoms with Gasteiger partial charge in [0.05, 0.1) is 32.3 Å². The number of anilines is 1. The van der Waals surface area contributed by atoms with Gasteiger partial charge in [-0.05, 0) is 49.1 Å². The SMILES string of the molecule is CCCn1c(N2CCOCC2)c(C=C2SC(=S)N(CCc3ccc(OC)c(OC)c3)C2=O)c(C)c(C#N)c1=O. The number of hydrogen-bond donors (Lipinski definition) is 0. The number of morpholine rings is 1. The van der Waals surface area contributed by atoms with E-state index in [4.69, 9.17) is 26.4 Å². The van der Waals surface area contributed by atoms with Crippen LogP contribution in [0.3, 0.4) is 0 Å². The maximum atomic E-state index is 13.5. The molecule has 0 N–H and O–H groups in total. The summed E-state index contributed by atoms with van der Waals surface area (Å²) in [6, 6.07) is 7.76. The number of nitrogens with zero attached hydrogens (tertiary/aromatic N) is 4. The fourth-order valence-corrected chi connectivity index (χ4v) is 6.08. The molecule has 3 heterocycles. The molecule has 0 unspecified atom stereocenters. The van der Waals surface area contributed by atoms with Gasteiger partial charge in [-0.3, -0.25) is 19.1 Å². The van der Waals surface area contributed by atoms with Crippen molar-refractivity contribution >= 4 is 46.1 Å². The summed E-state index contributed by atoms with van der Waals surface area (Å²) in [5.74, 6) is 1.80. The van der Waals surface area contributed by atoms with Gasteiger partial charge in [0.1, 0.15) is 21.8 Å². The lowest BCUT2D eigenvalue weighted by Gasteiger charge is -2.33. The number of ether oxygens (including phenoxy) is 3. The average molecular weight is 569 g/mol. The van der Waals surface area contributed by atoms with Crippen molar-refractivity contribution in [3.05, 3.63) is 55.7 Å². The normalized spacial score (nSPS) is 16.6. The Bertz CT molecular complexity index is 1410. The molecule has 2 aliphatic rings. The highest BCUT2D eigenvalue weighted by atomic mass is 32.2. The van der Waals surface area contributed by atoms with Crippen LogP contribution in [0.2, 0.25) is 0 Å². The first-order chi connectivity index (χ1) is 18.8. The Morgan fingerprint density at radius 1 is 1.15 bits per heavy atom. The Kier molecular flexibility index (Phi) is 9.32. The Labute approximate surface area is 237 Å². The van der Waals surface area contributed by atoms with E-state index < -0.39 is 0 Å². The number of pyridine rings is 1. The molecule has 206 valence electrons. The van der Waals surface area contributed by atoms with E-state index in [9.17, 15) is 14.9 Å². The Hall–Kier alpha value is -3.33. The van der Waals surface area contributed by atoms with Crippen molar-refractivity contribution < 1.29 is 19.0 Å². The van der Waals surface area contributed by atoms with Crippen LogP contribution in [-0.4, -0.2) is 66.8 Å². The molecule has 2 aromatic rings. The molecule has 0 saturated carbocycles. The molecule has 1 aromatic heterocycles. The number of carbonyl (C=O) groups excluding carboxylic acids is 1. The molecule has 0 radical (unpaired) electrons. The molecule has 2 aliphatic heterocycles. The van der Waals surface area contributed by atoms with E-state index in [1.54, 1.807) is 36.7 Å². The van der Waals surface area contributed by atoms with E-state index >= 15 is 0 Å². The van der Waals surface area contributed by atoms with Crippen LogP contribution in [0.15, 0.2) is 27.9 Å². The van der Waals surface area contributed by atoms with Gasteiger partial charge in [-0.2, -0.15) is 5.26 Å². The summed E-state index contributed by atoms with van der Waals surface area (Å²) in [6.07, 6.45) is 3.10. The van der Waals surface area contributed by atoms with Crippen molar-refractivity contribution in [2.24, 2.45) is 0 Å². The van der Waals surface area contributed by atoms with Gasteiger partial charge in [-0.1, -0.05) is 37.0 Å². The molecule has 9 nitrogen and oxygen atoms in total. The van der Waals surface area contributed by atoms with Crippen molar-refractivity contribution in [3.63, 3.8) is 0 Å². The Morgan fingerprint density at radius 3 is 2.51 bits per heavy atom. The zero-order valence-corrected chi connectivity index (χ0v) is 24.2.